The summed E-state index contributed by atoms with van der Waals surface area (Å²) in [6.45, 7) is 5.15. The van der Waals surface area contributed by atoms with Crippen molar-refractivity contribution in [2.24, 2.45) is 0 Å². The van der Waals surface area contributed by atoms with Crippen molar-refractivity contribution in [3.63, 3.8) is 0 Å². The minimum absolute atomic E-state index is 0.172. The number of aryl methyl sites for hydroxylation is 1. The van der Waals surface area contributed by atoms with Crippen molar-refractivity contribution in [1.29, 1.82) is 0 Å². The van der Waals surface area contributed by atoms with Crippen molar-refractivity contribution >= 4 is 21.6 Å². The lowest BCUT2D eigenvalue weighted by Gasteiger charge is -2.10. The fourth-order valence-corrected chi connectivity index (χ4v) is 2.82. The first-order valence-corrected chi connectivity index (χ1v) is 7.47. The molecule has 0 fully saturated rings. The Kier molecular flexibility index (Phi) is 5.09. The molecule has 0 aliphatic heterocycles. The Morgan fingerprint density at radius 3 is 2.52 bits per heavy atom. The van der Waals surface area contributed by atoms with Crippen LogP contribution in [0.1, 0.15) is 22.3 Å². The Bertz CT molecular complexity index is 671. The third-order valence-electron chi connectivity index (χ3n) is 3.45. The predicted octanol–water partition coefficient (Wildman–Crippen LogP) is 4.26. The van der Waals surface area contributed by atoms with E-state index in [1.165, 1.54) is 17.2 Å². The van der Waals surface area contributed by atoms with E-state index in [0.717, 1.165) is 15.6 Å². The van der Waals surface area contributed by atoms with E-state index < -0.39 is 0 Å². The van der Waals surface area contributed by atoms with Gasteiger partial charge in [-0.15, -0.1) is 0 Å². The molecular formula is C16H17BrN2O2. The molecule has 110 valence electrons. The van der Waals surface area contributed by atoms with Gasteiger partial charge in [0.05, 0.1) is 4.92 Å². The molecule has 0 unspecified atom stereocenters. The van der Waals surface area contributed by atoms with E-state index in [9.17, 15) is 10.1 Å². The summed E-state index contributed by atoms with van der Waals surface area (Å²) in [5.74, 6) is 0. The highest BCUT2D eigenvalue weighted by Gasteiger charge is 2.12. The Balaban J connectivity index is 2.04. The van der Waals surface area contributed by atoms with E-state index in [1.54, 1.807) is 13.0 Å². The van der Waals surface area contributed by atoms with Crippen LogP contribution < -0.4 is 5.32 Å². The van der Waals surface area contributed by atoms with Crippen LogP contribution in [-0.4, -0.2) is 4.92 Å². The number of rotatable bonds is 5. The van der Waals surface area contributed by atoms with Crippen molar-refractivity contribution in [2.75, 3.05) is 0 Å². The van der Waals surface area contributed by atoms with Gasteiger partial charge in [-0.1, -0.05) is 40.2 Å². The molecule has 0 aliphatic carbocycles. The summed E-state index contributed by atoms with van der Waals surface area (Å²) >= 11 is 3.55. The first-order valence-electron chi connectivity index (χ1n) is 6.67. The maximum absolute atomic E-state index is 10.9. The van der Waals surface area contributed by atoms with Crippen molar-refractivity contribution in [2.45, 2.75) is 26.9 Å². The monoisotopic (exact) mass is 348 g/mol. The first kappa shape index (κ1) is 15.7. The number of nitro groups is 1. The zero-order chi connectivity index (χ0) is 15.4. The quantitative estimate of drug-likeness (QED) is 0.648. The van der Waals surface area contributed by atoms with Gasteiger partial charge in [-0.2, -0.15) is 0 Å². The van der Waals surface area contributed by atoms with Crippen LogP contribution in [-0.2, 0) is 13.1 Å². The Labute approximate surface area is 132 Å². The molecule has 0 atom stereocenters. The Morgan fingerprint density at radius 2 is 1.86 bits per heavy atom. The van der Waals surface area contributed by atoms with Crippen LogP contribution >= 0.6 is 15.9 Å². The molecule has 2 rings (SSSR count). The molecule has 2 aromatic carbocycles. The van der Waals surface area contributed by atoms with Gasteiger partial charge in [-0.05, 0) is 36.6 Å². The summed E-state index contributed by atoms with van der Waals surface area (Å²) in [5, 5.41) is 14.3. The van der Waals surface area contributed by atoms with Gasteiger partial charge in [0.15, 0.2) is 0 Å². The molecule has 0 saturated heterocycles. The topological polar surface area (TPSA) is 55.2 Å². The molecule has 0 aliphatic rings. The lowest BCUT2D eigenvalue weighted by molar-refractivity contribution is -0.385. The minimum Gasteiger partial charge on any atom is -0.309 e. The van der Waals surface area contributed by atoms with E-state index in [-0.39, 0.29) is 10.6 Å². The van der Waals surface area contributed by atoms with Gasteiger partial charge >= 0.3 is 0 Å². The number of nitro benzene ring substituents is 1. The van der Waals surface area contributed by atoms with Gasteiger partial charge in [0, 0.05) is 29.2 Å². The number of hydrogen-bond donors (Lipinski definition) is 1. The van der Waals surface area contributed by atoms with Gasteiger partial charge in [-0.3, -0.25) is 10.1 Å². The van der Waals surface area contributed by atoms with Crippen molar-refractivity contribution < 1.29 is 4.92 Å². The van der Waals surface area contributed by atoms with Crippen LogP contribution in [0.3, 0.4) is 0 Å². The molecule has 0 radical (unpaired) electrons. The van der Waals surface area contributed by atoms with Crippen molar-refractivity contribution in [3.8, 4) is 0 Å². The summed E-state index contributed by atoms with van der Waals surface area (Å²) in [6.07, 6.45) is 0. The zero-order valence-corrected chi connectivity index (χ0v) is 13.6. The number of halogens is 1. The molecule has 0 heterocycles. The van der Waals surface area contributed by atoms with E-state index in [2.05, 4.69) is 46.4 Å². The highest BCUT2D eigenvalue weighted by atomic mass is 79.9. The largest absolute Gasteiger partial charge is 0.309 e. The Hall–Kier alpha value is -1.72. The fourth-order valence-electron chi connectivity index (χ4n) is 2.19. The predicted molar refractivity (Wildman–Crippen MR) is 87.3 cm³/mol. The summed E-state index contributed by atoms with van der Waals surface area (Å²) < 4.78 is 1.07. The second kappa shape index (κ2) is 6.83. The van der Waals surface area contributed by atoms with Gasteiger partial charge in [0.2, 0.25) is 0 Å². The van der Waals surface area contributed by atoms with Crippen molar-refractivity contribution in [1.82, 2.24) is 5.32 Å². The molecular weight excluding hydrogens is 332 g/mol. The smallest absolute Gasteiger partial charge is 0.272 e. The number of nitrogens with zero attached hydrogens (tertiary/aromatic N) is 1. The number of benzene rings is 2. The molecule has 0 amide bonds. The van der Waals surface area contributed by atoms with E-state index >= 15 is 0 Å². The SMILES string of the molecule is Cc1ccc(CNCc2cccc([N+](=O)[O-])c2C)c(Br)c1. The number of nitrogens with one attached hydrogen (secondary N) is 1. The molecule has 4 nitrogen and oxygen atoms in total. The van der Waals surface area contributed by atoms with E-state index in [1.807, 2.05) is 6.07 Å². The zero-order valence-electron chi connectivity index (χ0n) is 12.0. The van der Waals surface area contributed by atoms with Crippen LogP contribution in [0.4, 0.5) is 5.69 Å². The molecule has 0 spiro atoms. The molecule has 5 heteroatoms. The van der Waals surface area contributed by atoms with Gasteiger partial charge in [-0.25, -0.2) is 0 Å². The summed E-state index contributed by atoms with van der Waals surface area (Å²) in [7, 11) is 0. The molecule has 2 aromatic rings. The molecule has 0 aromatic heterocycles. The second-order valence-corrected chi connectivity index (χ2v) is 5.87. The molecule has 21 heavy (non-hydrogen) atoms. The first-order chi connectivity index (χ1) is 9.99. The highest BCUT2D eigenvalue weighted by Crippen LogP contribution is 2.21. The standard InChI is InChI=1S/C16H17BrN2O2/c1-11-6-7-14(15(17)8-11)10-18-9-13-4-3-5-16(12(13)2)19(20)21/h3-8,18H,9-10H2,1-2H3. The van der Waals surface area contributed by atoms with E-state index in [0.29, 0.717) is 13.1 Å². The maximum Gasteiger partial charge on any atom is 0.272 e. The van der Waals surface area contributed by atoms with Gasteiger partial charge in [0.25, 0.3) is 5.69 Å². The minimum atomic E-state index is -0.338. The van der Waals surface area contributed by atoms with Crippen LogP contribution in [0.15, 0.2) is 40.9 Å². The third-order valence-corrected chi connectivity index (χ3v) is 4.19. The molecule has 0 saturated carbocycles. The number of hydrogen-bond acceptors (Lipinski definition) is 3. The Morgan fingerprint density at radius 1 is 1.14 bits per heavy atom. The molecule has 0 bridgehead atoms. The van der Waals surface area contributed by atoms with Crippen molar-refractivity contribution in [3.05, 3.63) is 73.2 Å². The van der Waals surface area contributed by atoms with E-state index in [4.69, 9.17) is 0 Å². The normalized spacial score (nSPS) is 10.6. The van der Waals surface area contributed by atoms with Crippen LogP contribution in [0.5, 0.6) is 0 Å². The summed E-state index contributed by atoms with van der Waals surface area (Å²) in [5.41, 5.74) is 4.22. The maximum atomic E-state index is 10.9. The third kappa shape index (κ3) is 3.89. The average Bonchev–Trinajstić information content (AvgIpc) is 2.42. The van der Waals surface area contributed by atoms with Crippen LogP contribution in [0.25, 0.3) is 0 Å². The van der Waals surface area contributed by atoms with Crippen LogP contribution in [0.2, 0.25) is 0 Å². The van der Waals surface area contributed by atoms with Gasteiger partial charge in [0.1, 0.15) is 0 Å². The highest BCUT2D eigenvalue weighted by molar-refractivity contribution is 9.10. The lowest BCUT2D eigenvalue weighted by Crippen LogP contribution is -2.14. The summed E-state index contributed by atoms with van der Waals surface area (Å²) in [4.78, 5) is 10.6. The van der Waals surface area contributed by atoms with Crippen LogP contribution in [0, 0.1) is 24.0 Å². The lowest BCUT2D eigenvalue weighted by atomic mass is 10.1. The molecule has 1 N–H and O–H groups in total. The second-order valence-electron chi connectivity index (χ2n) is 5.02. The summed E-state index contributed by atoms with van der Waals surface area (Å²) in [6, 6.07) is 11.4. The average molecular weight is 349 g/mol. The van der Waals surface area contributed by atoms with Gasteiger partial charge < -0.3 is 5.32 Å². The fraction of sp³-hybridized carbons (Fsp3) is 0.250.